The SMILES string of the molecule is CC(C)Oc1cccc(C(C)NC(=O)C2(S(=O)(=O)c3ccccc3)CCCC2)c1. The molecule has 1 amide bonds. The van der Waals surface area contributed by atoms with Crippen LogP contribution < -0.4 is 10.1 Å². The van der Waals surface area contributed by atoms with E-state index in [1.165, 1.54) is 0 Å². The van der Waals surface area contributed by atoms with Crippen molar-refractivity contribution < 1.29 is 17.9 Å². The predicted molar refractivity (Wildman–Crippen MR) is 114 cm³/mol. The Bertz CT molecular complexity index is 948. The fourth-order valence-corrected chi connectivity index (χ4v) is 6.03. The second kappa shape index (κ2) is 8.57. The maximum atomic E-state index is 13.4. The summed E-state index contributed by atoms with van der Waals surface area (Å²) in [5.41, 5.74) is 0.877. The minimum Gasteiger partial charge on any atom is -0.491 e. The van der Waals surface area contributed by atoms with Crippen molar-refractivity contribution in [3.05, 3.63) is 60.2 Å². The first kappa shape index (κ1) is 21.4. The maximum Gasteiger partial charge on any atom is 0.242 e. The van der Waals surface area contributed by atoms with Gasteiger partial charge in [0, 0.05) is 0 Å². The van der Waals surface area contributed by atoms with Crippen molar-refractivity contribution in [1.82, 2.24) is 5.32 Å². The van der Waals surface area contributed by atoms with Crippen LogP contribution in [0.15, 0.2) is 59.5 Å². The fraction of sp³-hybridized carbons (Fsp3) is 0.435. The normalized spacial score (nSPS) is 17.1. The van der Waals surface area contributed by atoms with Gasteiger partial charge in [-0.1, -0.05) is 43.2 Å². The van der Waals surface area contributed by atoms with E-state index in [4.69, 9.17) is 4.74 Å². The van der Waals surface area contributed by atoms with Crippen molar-refractivity contribution in [3.8, 4) is 5.75 Å². The first-order valence-electron chi connectivity index (χ1n) is 10.1. The molecule has 0 aromatic heterocycles. The molecule has 1 fully saturated rings. The third kappa shape index (κ3) is 4.32. The van der Waals surface area contributed by atoms with Crippen LogP contribution in [0.4, 0.5) is 0 Å². The Morgan fingerprint density at radius 2 is 1.66 bits per heavy atom. The standard InChI is InChI=1S/C23H29NO4S/c1-17(2)28-20-11-9-10-19(16-20)18(3)24-22(25)23(14-7-8-15-23)29(26,27)21-12-5-4-6-13-21/h4-6,9-13,16-18H,7-8,14-15H2,1-3H3,(H,24,25). The number of amides is 1. The molecule has 6 heteroatoms. The monoisotopic (exact) mass is 415 g/mol. The highest BCUT2D eigenvalue weighted by Gasteiger charge is 2.53. The van der Waals surface area contributed by atoms with Gasteiger partial charge < -0.3 is 10.1 Å². The summed E-state index contributed by atoms with van der Waals surface area (Å²) >= 11 is 0. The molecule has 1 saturated carbocycles. The highest BCUT2D eigenvalue weighted by atomic mass is 32.2. The number of benzene rings is 2. The predicted octanol–water partition coefficient (Wildman–Crippen LogP) is 4.44. The molecule has 1 atom stereocenters. The Hall–Kier alpha value is -2.34. The highest BCUT2D eigenvalue weighted by Crippen LogP contribution is 2.41. The summed E-state index contributed by atoms with van der Waals surface area (Å²) in [7, 11) is -3.79. The van der Waals surface area contributed by atoms with Gasteiger partial charge in [-0.2, -0.15) is 0 Å². The first-order valence-corrected chi connectivity index (χ1v) is 11.6. The summed E-state index contributed by atoms with van der Waals surface area (Å²) in [5, 5.41) is 2.96. The molecule has 0 spiro atoms. The summed E-state index contributed by atoms with van der Waals surface area (Å²) in [6.45, 7) is 5.77. The van der Waals surface area contributed by atoms with E-state index in [1.807, 2.05) is 45.0 Å². The summed E-state index contributed by atoms with van der Waals surface area (Å²) in [4.78, 5) is 13.5. The van der Waals surface area contributed by atoms with Crippen LogP contribution in [0.1, 0.15) is 58.1 Å². The largest absolute Gasteiger partial charge is 0.491 e. The van der Waals surface area contributed by atoms with Crippen LogP contribution >= 0.6 is 0 Å². The van der Waals surface area contributed by atoms with Gasteiger partial charge in [0.1, 0.15) is 5.75 Å². The molecule has 0 bridgehead atoms. The lowest BCUT2D eigenvalue weighted by molar-refractivity contribution is -0.124. The molecule has 1 aliphatic carbocycles. The van der Waals surface area contributed by atoms with E-state index in [0.29, 0.717) is 12.8 Å². The van der Waals surface area contributed by atoms with Gasteiger partial charge in [0.05, 0.1) is 17.0 Å². The molecule has 29 heavy (non-hydrogen) atoms. The lowest BCUT2D eigenvalue weighted by atomic mass is 10.0. The molecule has 3 rings (SSSR count). The molecular weight excluding hydrogens is 386 g/mol. The van der Waals surface area contributed by atoms with Crippen LogP contribution in [-0.4, -0.2) is 25.2 Å². The van der Waals surface area contributed by atoms with Crippen molar-refractivity contribution in [1.29, 1.82) is 0 Å². The lowest BCUT2D eigenvalue weighted by Crippen LogP contribution is -2.51. The molecule has 2 aromatic carbocycles. The molecule has 0 aliphatic heterocycles. The van der Waals surface area contributed by atoms with Crippen molar-refractivity contribution in [2.45, 2.75) is 68.2 Å². The van der Waals surface area contributed by atoms with Crippen molar-refractivity contribution >= 4 is 15.7 Å². The Balaban J connectivity index is 1.86. The van der Waals surface area contributed by atoms with E-state index < -0.39 is 20.5 Å². The van der Waals surface area contributed by atoms with Crippen molar-refractivity contribution in [2.24, 2.45) is 0 Å². The molecule has 1 unspecified atom stereocenters. The Morgan fingerprint density at radius 1 is 1.00 bits per heavy atom. The van der Waals surface area contributed by atoms with Gasteiger partial charge in [0.2, 0.25) is 5.91 Å². The number of sulfone groups is 1. The van der Waals surface area contributed by atoms with Gasteiger partial charge in [0.25, 0.3) is 0 Å². The Labute approximate surface area is 173 Å². The van der Waals surface area contributed by atoms with E-state index >= 15 is 0 Å². The average molecular weight is 416 g/mol. The number of hydrogen-bond donors (Lipinski definition) is 1. The second-order valence-corrected chi connectivity index (χ2v) is 10.2. The van der Waals surface area contributed by atoms with Crippen LogP contribution in [0.5, 0.6) is 5.75 Å². The number of ether oxygens (including phenoxy) is 1. The van der Waals surface area contributed by atoms with Crippen LogP contribution in [0.2, 0.25) is 0 Å². The van der Waals surface area contributed by atoms with Gasteiger partial charge >= 0.3 is 0 Å². The second-order valence-electron chi connectivity index (χ2n) is 7.95. The molecule has 5 nitrogen and oxygen atoms in total. The summed E-state index contributed by atoms with van der Waals surface area (Å²) in [6.07, 6.45) is 2.20. The molecular formula is C23H29NO4S. The van der Waals surface area contributed by atoms with Crippen LogP contribution in [-0.2, 0) is 14.6 Å². The summed E-state index contributed by atoms with van der Waals surface area (Å²) < 4.78 is 31.1. The van der Waals surface area contributed by atoms with Crippen molar-refractivity contribution in [3.63, 3.8) is 0 Å². The maximum absolute atomic E-state index is 13.4. The molecule has 1 N–H and O–H groups in total. The zero-order valence-electron chi connectivity index (χ0n) is 17.2. The average Bonchev–Trinajstić information content (AvgIpc) is 3.20. The Kier molecular flexibility index (Phi) is 6.32. The fourth-order valence-electron chi connectivity index (χ4n) is 3.93. The van der Waals surface area contributed by atoms with E-state index in [9.17, 15) is 13.2 Å². The minimum absolute atomic E-state index is 0.0490. The molecule has 2 aromatic rings. The zero-order chi connectivity index (χ0) is 21.1. The quantitative estimate of drug-likeness (QED) is 0.726. The van der Waals surface area contributed by atoms with E-state index in [0.717, 1.165) is 24.2 Å². The number of rotatable bonds is 7. The number of carbonyl (C=O) groups excluding carboxylic acids is 1. The van der Waals surface area contributed by atoms with Gasteiger partial charge in [-0.3, -0.25) is 4.79 Å². The summed E-state index contributed by atoms with van der Waals surface area (Å²) in [5.74, 6) is 0.313. The minimum atomic E-state index is -3.79. The Morgan fingerprint density at radius 3 is 2.28 bits per heavy atom. The lowest BCUT2D eigenvalue weighted by Gasteiger charge is -2.29. The van der Waals surface area contributed by atoms with Gasteiger partial charge in [-0.05, 0) is 63.4 Å². The zero-order valence-corrected chi connectivity index (χ0v) is 18.0. The van der Waals surface area contributed by atoms with Gasteiger partial charge in [-0.25, -0.2) is 8.42 Å². The molecule has 0 heterocycles. The van der Waals surface area contributed by atoms with E-state index in [1.54, 1.807) is 30.3 Å². The van der Waals surface area contributed by atoms with Crippen LogP contribution in [0.3, 0.4) is 0 Å². The number of carbonyl (C=O) groups is 1. The highest BCUT2D eigenvalue weighted by molar-refractivity contribution is 7.93. The van der Waals surface area contributed by atoms with Crippen LogP contribution in [0.25, 0.3) is 0 Å². The third-order valence-corrected chi connectivity index (χ3v) is 7.99. The number of hydrogen-bond acceptors (Lipinski definition) is 4. The number of nitrogens with one attached hydrogen (secondary N) is 1. The smallest absolute Gasteiger partial charge is 0.242 e. The molecule has 156 valence electrons. The van der Waals surface area contributed by atoms with Crippen LogP contribution in [0, 0.1) is 0 Å². The van der Waals surface area contributed by atoms with E-state index in [-0.39, 0.29) is 17.0 Å². The third-order valence-electron chi connectivity index (χ3n) is 5.47. The van der Waals surface area contributed by atoms with Gasteiger partial charge in [-0.15, -0.1) is 0 Å². The molecule has 0 radical (unpaired) electrons. The summed E-state index contributed by atoms with van der Waals surface area (Å²) in [6, 6.07) is 15.5. The van der Waals surface area contributed by atoms with Gasteiger partial charge in [0.15, 0.2) is 14.6 Å². The molecule has 1 aliphatic rings. The van der Waals surface area contributed by atoms with Crippen molar-refractivity contribution in [2.75, 3.05) is 0 Å². The molecule has 0 saturated heterocycles. The van der Waals surface area contributed by atoms with E-state index in [2.05, 4.69) is 5.32 Å². The topological polar surface area (TPSA) is 72.5 Å². The first-order chi connectivity index (χ1) is 13.8.